The van der Waals surface area contributed by atoms with Crippen LogP contribution in [0, 0.1) is 0 Å². The second-order valence-electron chi connectivity index (χ2n) is 12.0. The predicted molar refractivity (Wildman–Crippen MR) is 160 cm³/mol. The number of nitrogens with zero attached hydrogens (tertiary/aromatic N) is 3. The maximum Gasteiger partial charge on any atom is 0.408 e. The molecule has 0 heterocycles. The van der Waals surface area contributed by atoms with Crippen LogP contribution in [-0.4, -0.2) is 74.2 Å². The minimum absolute atomic E-state index is 0.129. The first-order chi connectivity index (χ1) is 18.9. The van der Waals surface area contributed by atoms with E-state index < -0.39 is 35.2 Å². The fraction of sp³-hybridized carbons (Fsp3) is 0.484. The summed E-state index contributed by atoms with van der Waals surface area (Å²) in [5.41, 5.74) is 0.528. The van der Waals surface area contributed by atoms with Crippen molar-refractivity contribution in [3.8, 4) is 0 Å². The number of rotatable bonds is 9. The summed E-state index contributed by atoms with van der Waals surface area (Å²) in [5.74, 6) is -1.01. The van der Waals surface area contributed by atoms with Crippen molar-refractivity contribution in [1.29, 1.82) is 0 Å². The van der Waals surface area contributed by atoms with E-state index >= 15 is 0 Å². The van der Waals surface area contributed by atoms with E-state index in [1.807, 2.05) is 6.92 Å². The summed E-state index contributed by atoms with van der Waals surface area (Å²) >= 11 is 0. The molecule has 41 heavy (non-hydrogen) atoms. The van der Waals surface area contributed by atoms with Gasteiger partial charge in [0.05, 0.1) is 12.1 Å². The second-order valence-corrected chi connectivity index (χ2v) is 12.0. The molecule has 1 atom stereocenters. The van der Waals surface area contributed by atoms with Gasteiger partial charge in [0.25, 0.3) is 5.91 Å². The third kappa shape index (κ3) is 10.2. The zero-order chi connectivity index (χ0) is 31.1. The normalized spacial score (nSPS) is 12.4. The molecule has 0 bridgehead atoms. The van der Waals surface area contributed by atoms with E-state index in [-0.39, 0.29) is 19.0 Å². The number of alkyl carbamates (subject to hydrolysis) is 1. The summed E-state index contributed by atoms with van der Waals surface area (Å²) < 4.78 is 10.9. The number of ether oxygens (including phenoxy) is 2. The number of benzene rings is 2. The van der Waals surface area contributed by atoms with Crippen LogP contribution in [0.4, 0.5) is 16.2 Å². The second kappa shape index (κ2) is 13.6. The number of amides is 3. The lowest BCUT2D eigenvalue weighted by Crippen LogP contribution is -2.44. The molecule has 0 spiro atoms. The quantitative estimate of drug-likeness (QED) is 0.434. The number of hydrogen-bond acceptors (Lipinski definition) is 7. The van der Waals surface area contributed by atoms with Gasteiger partial charge >= 0.3 is 12.1 Å². The van der Waals surface area contributed by atoms with Gasteiger partial charge in [-0.05, 0) is 105 Å². The monoisotopic (exact) mass is 568 g/mol. The van der Waals surface area contributed by atoms with E-state index in [9.17, 15) is 19.2 Å². The van der Waals surface area contributed by atoms with Crippen LogP contribution in [-0.2, 0) is 19.1 Å². The van der Waals surface area contributed by atoms with E-state index in [4.69, 9.17) is 9.47 Å². The summed E-state index contributed by atoms with van der Waals surface area (Å²) in [6, 6.07) is 12.3. The van der Waals surface area contributed by atoms with Gasteiger partial charge in [-0.1, -0.05) is 12.1 Å². The van der Waals surface area contributed by atoms with E-state index in [1.165, 1.54) is 9.80 Å². The summed E-state index contributed by atoms with van der Waals surface area (Å²) in [5, 5.41) is 2.72. The number of hydrogen-bond donors (Lipinski definition) is 1. The molecule has 1 N–H and O–H groups in total. The fourth-order valence-corrected chi connectivity index (χ4v) is 3.88. The van der Waals surface area contributed by atoms with Gasteiger partial charge in [-0.2, -0.15) is 0 Å². The lowest BCUT2D eigenvalue weighted by molar-refractivity contribution is -0.121. The molecule has 0 aliphatic heterocycles. The SMILES string of the molecule is CCN(C(=O)[C@@H](NC(=O)OC(C)(C)C)c1cccc(N(C)C(=O)CN(C)C)c1)c1ccc(C(=O)OC(C)(C)C)cc1. The maximum atomic E-state index is 14.0. The van der Waals surface area contributed by atoms with Crippen LogP contribution >= 0.6 is 0 Å². The van der Waals surface area contributed by atoms with Crippen LogP contribution in [0.1, 0.15) is 70.4 Å². The first kappa shape index (κ1) is 33.3. The third-order valence-electron chi connectivity index (χ3n) is 5.72. The fourth-order valence-electron chi connectivity index (χ4n) is 3.88. The largest absolute Gasteiger partial charge is 0.456 e. The number of carbonyl (C=O) groups is 4. The smallest absolute Gasteiger partial charge is 0.408 e. The van der Waals surface area contributed by atoms with Gasteiger partial charge in [0.2, 0.25) is 5.91 Å². The van der Waals surface area contributed by atoms with Gasteiger partial charge in [-0.25, -0.2) is 9.59 Å². The van der Waals surface area contributed by atoms with Gasteiger partial charge in [0, 0.05) is 25.0 Å². The number of anilines is 2. The summed E-state index contributed by atoms with van der Waals surface area (Å²) in [6.07, 6.45) is -0.755. The topological polar surface area (TPSA) is 108 Å². The van der Waals surface area contributed by atoms with Crippen molar-refractivity contribution >= 4 is 35.3 Å². The van der Waals surface area contributed by atoms with E-state index in [1.54, 1.807) is 116 Å². The molecule has 0 saturated carbocycles. The van der Waals surface area contributed by atoms with Crippen molar-refractivity contribution < 1.29 is 28.7 Å². The Morgan fingerprint density at radius 3 is 1.93 bits per heavy atom. The Morgan fingerprint density at radius 1 is 0.829 bits per heavy atom. The summed E-state index contributed by atoms with van der Waals surface area (Å²) in [4.78, 5) is 56.8. The Hall–Kier alpha value is -3.92. The Morgan fingerprint density at radius 2 is 1.41 bits per heavy atom. The van der Waals surface area contributed by atoms with Gasteiger partial charge in [0.15, 0.2) is 0 Å². The summed E-state index contributed by atoms with van der Waals surface area (Å²) in [6.45, 7) is 12.9. The molecular formula is C31H44N4O6. The number of likely N-dealkylation sites (N-methyl/N-ethyl adjacent to an activating group) is 3. The van der Waals surface area contributed by atoms with Gasteiger partial charge < -0.3 is 29.5 Å². The molecule has 0 radical (unpaired) electrons. The molecule has 10 nitrogen and oxygen atoms in total. The van der Waals surface area contributed by atoms with E-state index in [0.717, 1.165) is 0 Å². The van der Waals surface area contributed by atoms with Crippen LogP contribution in [0.5, 0.6) is 0 Å². The highest BCUT2D eigenvalue weighted by Gasteiger charge is 2.31. The van der Waals surface area contributed by atoms with Gasteiger partial charge in [-0.3, -0.25) is 9.59 Å². The van der Waals surface area contributed by atoms with Crippen LogP contribution in [0.2, 0.25) is 0 Å². The lowest BCUT2D eigenvalue weighted by atomic mass is 10.0. The molecule has 10 heteroatoms. The molecule has 2 rings (SSSR count). The number of esters is 1. The zero-order valence-corrected chi connectivity index (χ0v) is 25.9. The molecule has 0 aliphatic carbocycles. The van der Waals surface area contributed by atoms with Crippen molar-refractivity contribution in [3.05, 3.63) is 59.7 Å². The average molecular weight is 569 g/mol. The van der Waals surface area contributed by atoms with Crippen molar-refractivity contribution in [3.63, 3.8) is 0 Å². The molecular weight excluding hydrogens is 524 g/mol. The van der Waals surface area contributed by atoms with Gasteiger partial charge in [0.1, 0.15) is 17.2 Å². The van der Waals surface area contributed by atoms with Crippen molar-refractivity contribution in [1.82, 2.24) is 10.2 Å². The van der Waals surface area contributed by atoms with E-state index in [0.29, 0.717) is 22.5 Å². The average Bonchev–Trinajstić information content (AvgIpc) is 2.85. The van der Waals surface area contributed by atoms with Crippen molar-refractivity contribution in [2.24, 2.45) is 0 Å². The molecule has 2 aromatic rings. The molecule has 3 amide bonds. The van der Waals surface area contributed by atoms with Crippen LogP contribution in [0.15, 0.2) is 48.5 Å². The molecule has 224 valence electrons. The molecule has 0 aliphatic rings. The maximum absolute atomic E-state index is 14.0. The first-order valence-electron chi connectivity index (χ1n) is 13.6. The predicted octanol–water partition coefficient (Wildman–Crippen LogP) is 4.79. The summed E-state index contributed by atoms with van der Waals surface area (Å²) in [7, 11) is 5.27. The van der Waals surface area contributed by atoms with E-state index in [2.05, 4.69) is 5.32 Å². The first-order valence-corrected chi connectivity index (χ1v) is 13.6. The molecule has 2 aromatic carbocycles. The Kier molecular flexibility index (Phi) is 11.1. The minimum Gasteiger partial charge on any atom is -0.456 e. The van der Waals surface area contributed by atoms with Gasteiger partial charge in [-0.15, -0.1) is 0 Å². The van der Waals surface area contributed by atoms with Crippen LogP contribution in [0.3, 0.4) is 0 Å². The Labute approximate surface area is 243 Å². The number of nitrogens with one attached hydrogen (secondary N) is 1. The Balaban J connectivity index is 2.45. The number of carbonyl (C=O) groups excluding carboxylic acids is 4. The highest BCUT2D eigenvalue weighted by atomic mass is 16.6. The van der Waals surface area contributed by atoms with Crippen LogP contribution < -0.4 is 15.1 Å². The molecule has 0 saturated heterocycles. The molecule has 0 unspecified atom stereocenters. The molecule has 0 fully saturated rings. The van der Waals surface area contributed by atoms with Crippen molar-refractivity contribution in [2.45, 2.75) is 65.7 Å². The standard InChI is InChI=1S/C31H44N4O6/c1-11-35(23-17-15-21(16-18-23)28(38)40-30(2,3)4)27(37)26(32-29(39)41-31(5,6)7)22-13-12-14-24(19-22)34(10)25(36)20-33(8)9/h12-19,26H,11,20H2,1-10H3,(H,32,39)/t26-/m0/s1. The highest BCUT2D eigenvalue weighted by molar-refractivity contribution is 6.00. The zero-order valence-electron chi connectivity index (χ0n) is 25.9. The Bertz CT molecular complexity index is 1230. The molecule has 0 aromatic heterocycles. The minimum atomic E-state index is -1.12. The lowest BCUT2D eigenvalue weighted by Gasteiger charge is -2.29. The van der Waals surface area contributed by atoms with Crippen LogP contribution in [0.25, 0.3) is 0 Å². The highest BCUT2D eigenvalue weighted by Crippen LogP contribution is 2.26. The third-order valence-corrected chi connectivity index (χ3v) is 5.72. The van der Waals surface area contributed by atoms with Crippen molar-refractivity contribution in [2.75, 3.05) is 44.0 Å².